The van der Waals surface area contributed by atoms with Crippen LogP contribution in [0.4, 0.5) is 5.69 Å². The number of carbonyl (C=O) groups is 2. The molecule has 0 unspecified atom stereocenters. The van der Waals surface area contributed by atoms with Gasteiger partial charge in [0.05, 0.1) is 0 Å². The van der Waals surface area contributed by atoms with Gasteiger partial charge in [-0.3, -0.25) is 9.59 Å². The third-order valence-electron chi connectivity index (χ3n) is 5.25. The summed E-state index contributed by atoms with van der Waals surface area (Å²) in [7, 11) is 0. The summed E-state index contributed by atoms with van der Waals surface area (Å²) in [5.74, 6) is -0.169. The molecule has 4 aromatic rings. The summed E-state index contributed by atoms with van der Waals surface area (Å²) in [6.07, 6.45) is 3.53. The molecule has 3 aromatic carbocycles. The maximum atomic E-state index is 12.9. The molecule has 4 nitrogen and oxygen atoms in total. The lowest BCUT2D eigenvalue weighted by atomic mass is 10.0. The lowest BCUT2D eigenvalue weighted by Crippen LogP contribution is -2.44. The van der Waals surface area contributed by atoms with Crippen molar-refractivity contribution < 1.29 is 14.2 Å². The Labute approximate surface area is 181 Å². The van der Waals surface area contributed by atoms with Crippen LogP contribution in [-0.2, 0) is 4.79 Å². The fourth-order valence-corrected chi connectivity index (χ4v) is 3.44. The molecule has 0 aliphatic carbocycles. The lowest BCUT2D eigenvalue weighted by molar-refractivity contribution is -0.705. The van der Waals surface area contributed by atoms with E-state index < -0.39 is 6.04 Å². The minimum absolute atomic E-state index is 0.0401. The van der Waals surface area contributed by atoms with Crippen molar-refractivity contribution in [2.24, 2.45) is 0 Å². The van der Waals surface area contributed by atoms with Crippen LogP contribution >= 0.6 is 0 Å². The second-order valence-corrected chi connectivity index (χ2v) is 7.31. The average Bonchev–Trinajstić information content (AvgIpc) is 2.84. The van der Waals surface area contributed by atoms with Crippen LogP contribution in [0.1, 0.15) is 28.9 Å². The van der Waals surface area contributed by atoms with Crippen LogP contribution in [0, 0.1) is 0 Å². The third-order valence-corrected chi connectivity index (χ3v) is 5.25. The zero-order valence-electron chi connectivity index (χ0n) is 17.2. The second kappa shape index (κ2) is 9.18. The summed E-state index contributed by atoms with van der Waals surface area (Å²) in [5, 5.41) is 3.04. The summed E-state index contributed by atoms with van der Waals surface area (Å²) in [5.41, 5.74) is 4.01. The molecule has 152 valence electrons. The van der Waals surface area contributed by atoms with Gasteiger partial charge in [-0.25, -0.2) is 0 Å². The predicted octanol–water partition coefficient (Wildman–Crippen LogP) is 5.07. The number of carbonyl (C=O) groups excluding carboxylic acids is 2. The Hall–Kier alpha value is -4.05. The van der Waals surface area contributed by atoms with E-state index in [-0.39, 0.29) is 11.7 Å². The van der Waals surface area contributed by atoms with E-state index in [1.165, 1.54) is 0 Å². The van der Waals surface area contributed by atoms with Gasteiger partial charge < -0.3 is 5.32 Å². The molecule has 0 saturated carbocycles. The Bertz CT molecular complexity index is 1190. The number of aromatic nitrogens is 1. The fraction of sp³-hybridized carbons (Fsp3) is 0.0741. The number of para-hydroxylation sites is 1. The number of anilines is 1. The number of nitrogens with zero attached hydrogens (tertiary/aromatic N) is 1. The smallest absolute Gasteiger partial charge is 0.293 e. The van der Waals surface area contributed by atoms with Crippen molar-refractivity contribution in [3.05, 3.63) is 121 Å². The van der Waals surface area contributed by atoms with E-state index in [2.05, 4.69) is 5.32 Å². The highest BCUT2D eigenvalue weighted by molar-refractivity contribution is 6.08. The maximum absolute atomic E-state index is 12.9. The van der Waals surface area contributed by atoms with Gasteiger partial charge in [0, 0.05) is 41.4 Å². The van der Waals surface area contributed by atoms with Gasteiger partial charge in [-0.05, 0) is 11.6 Å². The number of ketones is 1. The van der Waals surface area contributed by atoms with E-state index in [1.807, 2.05) is 79.7 Å². The van der Waals surface area contributed by atoms with E-state index in [9.17, 15) is 9.59 Å². The van der Waals surface area contributed by atoms with Crippen molar-refractivity contribution in [1.29, 1.82) is 0 Å². The van der Waals surface area contributed by atoms with Crippen molar-refractivity contribution in [2.75, 3.05) is 5.32 Å². The summed E-state index contributed by atoms with van der Waals surface area (Å²) in [6, 6.07) is 29.9. The molecular weight excluding hydrogens is 384 g/mol. The first-order valence-electron chi connectivity index (χ1n) is 10.2. The van der Waals surface area contributed by atoms with Crippen LogP contribution in [0.3, 0.4) is 0 Å². The number of benzene rings is 3. The largest absolute Gasteiger partial charge is 0.320 e. The Morgan fingerprint density at radius 1 is 0.710 bits per heavy atom. The number of rotatable bonds is 6. The van der Waals surface area contributed by atoms with Gasteiger partial charge in [0.1, 0.15) is 0 Å². The SMILES string of the molecule is C[C@@H](C(=O)Nc1ccccc1-c1ccccc1)[n+]1ccc(C(=O)c2ccccc2)cc1. The summed E-state index contributed by atoms with van der Waals surface area (Å²) < 4.78 is 1.79. The molecule has 0 fully saturated rings. The monoisotopic (exact) mass is 407 g/mol. The van der Waals surface area contributed by atoms with Crippen LogP contribution in [0.2, 0.25) is 0 Å². The first-order chi connectivity index (χ1) is 15.1. The van der Waals surface area contributed by atoms with Gasteiger partial charge in [0.25, 0.3) is 5.91 Å². The van der Waals surface area contributed by atoms with E-state index in [4.69, 9.17) is 0 Å². The van der Waals surface area contributed by atoms with Crippen LogP contribution in [0.5, 0.6) is 0 Å². The number of hydrogen-bond acceptors (Lipinski definition) is 2. The average molecular weight is 407 g/mol. The Morgan fingerprint density at radius 2 is 1.26 bits per heavy atom. The van der Waals surface area contributed by atoms with E-state index in [0.29, 0.717) is 11.1 Å². The number of pyridine rings is 1. The molecule has 4 rings (SSSR count). The van der Waals surface area contributed by atoms with Crippen molar-refractivity contribution in [3.63, 3.8) is 0 Å². The molecule has 1 N–H and O–H groups in total. The van der Waals surface area contributed by atoms with Crippen molar-refractivity contribution in [1.82, 2.24) is 0 Å². The van der Waals surface area contributed by atoms with E-state index in [0.717, 1.165) is 16.8 Å². The number of nitrogens with one attached hydrogen (secondary N) is 1. The quantitative estimate of drug-likeness (QED) is 0.358. The molecule has 31 heavy (non-hydrogen) atoms. The lowest BCUT2D eigenvalue weighted by Gasteiger charge is -2.13. The van der Waals surface area contributed by atoms with Crippen molar-refractivity contribution in [2.45, 2.75) is 13.0 Å². The van der Waals surface area contributed by atoms with Crippen LogP contribution < -0.4 is 9.88 Å². The first-order valence-corrected chi connectivity index (χ1v) is 10.2. The van der Waals surface area contributed by atoms with Crippen LogP contribution in [-0.4, -0.2) is 11.7 Å². The topological polar surface area (TPSA) is 50.1 Å². The molecule has 1 aromatic heterocycles. The zero-order chi connectivity index (χ0) is 21.6. The second-order valence-electron chi connectivity index (χ2n) is 7.31. The molecule has 0 bridgehead atoms. The molecule has 0 spiro atoms. The highest BCUT2D eigenvalue weighted by Crippen LogP contribution is 2.27. The van der Waals surface area contributed by atoms with Crippen LogP contribution in [0.15, 0.2) is 109 Å². The van der Waals surface area contributed by atoms with E-state index in [1.54, 1.807) is 41.2 Å². The van der Waals surface area contributed by atoms with E-state index >= 15 is 0 Å². The first kappa shape index (κ1) is 20.2. The Kier molecular flexibility index (Phi) is 5.99. The van der Waals surface area contributed by atoms with Gasteiger partial charge >= 0.3 is 0 Å². The van der Waals surface area contributed by atoms with Crippen molar-refractivity contribution in [3.8, 4) is 11.1 Å². The van der Waals surface area contributed by atoms with Gasteiger partial charge in [-0.2, -0.15) is 4.57 Å². The highest BCUT2D eigenvalue weighted by Gasteiger charge is 2.23. The summed E-state index contributed by atoms with van der Waals surface area (Å²) in [6.45, 7) is 1.83. The Morgan fingerprint density at radius 3 is 1.94 bits per heavy atom. The number of amides is 1. The summed E-state index contributed by atoms with van der Waals surface area (Å²) >= 11 is 0. The molecule has 4 heteroatoms. The molecular formula is C27H23N2O2+. The predicted molar refractivity (Wildman–Crippen MR) is 122 cm³/mol. The molecule has 1 heterocycles. The molecule has 0 aliphatic heterocycles. The van der Waals surface area contributed by atoms with Gasteiger partial charge in [-0.15, -0.1) is 0 Å². The molecule has 0 radical (unpaired) electrons. The molecule has 0 saturated heterocycles. The Balaban J connectivity index is 1.50. The van der Waals surface area contributed by atoms with Gasteiger partial charge in [-0.1, -0.05) is 78.9 Å². The molecule has 1 atom stereocenters. The minimum Gasteiger partial charge on any atom is -0.320 e. The zero-order valence-corrected chi connectivity index (χ0v) is 17.2. The highest BCUT2D eigenvalue weighted by atomic mass is 16.2. The number of hydrogen-bond donors (Lipinski definition) is 1. The normalized spacial score (nSPS) is 11.5. The van der Waals surface area contributed by atoms with Gasteiger partial charge in [0.15, 0.2) is 18.2 Å². The van der Waals surface area contributed by atoms with Crippen LogP contribution in [0.25, 0.3) is 11.1 Å². The fourth-order valence-electron chi connectivity index (χ4n) is 3.44. The molecule has 0 aliphatic rings. The molecule has 1 amide bonds. The minimum atomic E-state index is -0.440. The van der Waals surface area contributed by atoms with Crippen molar-refractivity contribution >= 4 is 17.4 Å². The maximum Gasteiger partial charge on any atom is 0.293 e. The summed E-state index contributed by atoms with van der Waals surface area (Å²) in [4.78, 5) is 25.5. The third kappa shape index (κ3) is 4.59. The standard InChI is InChI=1S/C27H22N2O2/c1-20(29-18-16-23(17-19-29)26(30)22-12-6-3-7-13-22)27(31)28-25-15-9-8-14-24(25)21-10-4-2-5-11-21/h2-20H,1H3/p+1/t20-/m0/s1. The van der Waals surface area contributed by atoms with Gasteiger partial charge in [0.2, 0.25) is 6.04 Å².